The van der Waals surface area contributed by atoms with Crippen LogP contribution >= 0.6 is 23.2 Å². The Balaban J connectivity index is 2.24. The zero-order valence-electron chi connectivity index (χ0n) is 9.95. The van der Waals surface area contributed by atoms with E-state index in [4.69, 9.17) is 23.2 Å². The van der Waals surface area contributed by atoms with E-state index >= 15 is 0 Å². The van der Waals surface area contributed by atoms with Crippen molar-refractivity contribution >= 4 is 41.0 Å². The molecule has 0 saturated heterocycles. The van der Waals surface area contributed by atoms with Crippen molar-refractivity contribution in [2.45, 2.75) is 0 Å². The molecule has 3 heteroatoms. The molecule has 0 aliphatic carbocycles. The van der Waals surface area contributed by atoms with Crippen molar-refractivity contribution in [1.29, 1.82) is 0 Å². The second kappa shape index (κ2) is 5.94. The molecule has 92 valence electrons. The van der Waals surface area contributed by atoms with E-state index in [-0.39, 0.29) is 0 Å². The molecule has 0 heterocycles. The summed E-state index contributed by atoms with van der Waals surface area (Å²) in [5.41, 5.74) is 3.03. The first kappa shape index (κ1) is 13.0. The van der Waals surface area contributed by atoms with Crippen molar-refractivity contribution in [1.82, 2.24) is 0 Å². The molecule has 0 saturated carbocycles. The first-order valence-electron chi connectivity index (χ1n) is 5.60. The van der Waals surface area contributed by atoms with Crippen LogP contribution in [0.2, 0.25) is 10.0 Å². The van der Waals surface area contributed by atoms with Crippen LogP contribution in [0.5, 0.6) is 0 Å². The van der Waals surface area contributed by atoms with Gasteiger partial charge in [-0.2, -0.15) is 0 Å². The Morgan fingerprint density at radius 1 is 0.889 bits per heavy atom. The summed E-state index contributed by atoms with van der Waals surface area (Å²) in [7, 11) is 1.90. The minimum Gasteiger partial charge on any atom is -0.388 e. The molecule has 0 amide bonds. The lowest BCUT2D eigenvalue weighted by Gasteiger charge is -2.02. The third-order valence-corrected chi connectivity index (χ3v) is 3.30. The Kier molecular flexibility index (Phi) is 4.29. The van der Waals surface area contributed by atoms with Crippen LogP contribution in [-0.2, 0) is 0 Å². The fraction of sp³-hybridized carbons (Fsp3) is 0.0667. The molecule has 0 bridgehead atoms. The van der Waals surface area contributed by atoms with E-state index < -0.39 is 0 Å². The summed E-state index contributed by atoms with van der Waals surface area (Å²) in [5.74, 6) is 0. The van der Waals surface area contributed by atoms with Gasteiger partial charge in [0.1, 0.15) is 0 Å². The summed E-state index contributed by atoms with van der Waals surface area (Å²) < 4.78 is 0. The first-order valence-corrected chi connectivity index (χ1v) is 6.36. The predicted octanol–water partition coefficient (Wildman–Crippen LogP) is 5.21. The minimum atomic E-state index is 0.658. The third-order valence-electron chi connectivity index (χ3n) is 2.64. The normalized spacial score (nSPS) is 10.8. The van der Waals surface area contributed by atoms with E-state index in [0.29, 0.717) is 10.0 Å². The lowest BCUT2D eigenvalue weighted by atomic mass is 10.1. The molecule has 2 aromatic rings. The fourth-order valence-corrected chi connectivity index (χ4v) is 2.13. The van der Waals surface area contributed by atoms with Crippen molar-refractivity contribution in [3.8, 4) is 0 Å². The van der Waals surface area contributed by atoms with E-state index in [1.807, 2.05) is 61.7 Å². The SMILES string of the molecule is CNc1ccc(/C=C\c2c(Cl)cccc2Cl)cc1. The first-order chi connectivity index (χ1) is 8.70. The lowest BCUT2D eigenvalue weighted by molar-refractivity contribution is 1.51. The van der Waals surface area contributed by atoms with Crippen LogP contribution in [0.1, 0.15) is 11.1 Å². The zero-order chi connectivity index (χ0) is 13.0. The molecule has 1 N–H and O–H groups in total. The quantitative estimate of drug-likeness (QED) is 0.760. The van der Waals surface area contributed by atoms with Gasteiger partial charge in [-0.05, 0) is 29.8 Å². The summed E-state index contributed by atoms with van der Waals surface area (Å²) in [6.07, 6.45) is 3.92. The van der Waals surface area contributed by atoms with Gasteiger partial charge in [-0.3, -0.25) is 0 Å². The molecule has 0 fully saturated rings. The number of benzene rings is 2. The fourth-order valence-electron chi connectivity index (χ4n) is 1.61. The smallest absolute Gasteiger partial charge is 0.0493 e. The highest BCUT2D eigenvalue weighted by Crippen LogP contribution is 2.26. The molecule has 2 rings (SSSR count). The third kappa shape index (κ3) is 3.06. The molecule has 0 aliphatic rings. The van der Waals surface area contributed by atoms with Crippen LogP contribution in [-0.4, -0.2) is 7.05 Å². The Morgan fingerprint density at radius 3 is 2.06 bits per heavy atom. The second-order valence-electron chi connectivity index (χ2n) is 3.84. The van der Waals surface area contributed by atoms with Crippen LogP contribution in [0.15, 0.2) is 42.5 Å². The van der Waals surface area contributed by atoms with E-state index in [0.717, 1.165) is 16.8 Å². The number of halogens is 2. The van der Waals surface area contributed by atoms with Crippen molar-refractivity contribution in [2.24, 2.45) is 0 Å². The van der Waals surface area contributed by atoms with Crippen molar-refractivity contribution in [3.05, 3.63) is 63.6 Å². The number of hydrogen-bond donors (Lipinski definition) is 1. The summed E-state index contributed by atoms with van der Waals surface area (Å²) >= 11 is 12.2. The Bertz CT molecular complexity index is 539. The van der Waals surface area contributed by atoms with Gasteiger partial charge in [0, 0.05) is 28.3 Å². The topological polar surface area (TPSA) is 12.0 Å². The van der Waals surface area contributed by atoms with E-state index in [1.54, 1.807) is 0 Å². The number of hydrogen-bond acceptors (Lipinski definition) is 1. The largest absolute Gasteiger partial charge is 0.388 e. The van der Waals surface area contributed by atoms with Crippen molar-refractivity contribution < 1.29 is 0 Å². The van der Waals surface area contributed by atoms with Gasteiger partial charge in [-0.25, -0.2) is 0 Å². The predicted molar refractivity (Wildman–Crippen MR) is 81.4 cm³/mol. The molecule has 18 heavy (non-hydrogen) atoms. The highest BCUT2D eigenvalue weighted by Gasteiger charge is 2.00. The Hall–Kier alpha value is -1.44. The molecule has 0 aliphatic heterocycles. The van der Waals surface area contributed by atoms with Crippen LogP contribution in [0, 0.1) is 0 Å². The summed E-state index contributed by atoms with van der Waals surface area (Å²) in [6, 6.07) is 13.6. The molecule has 0 aromatic heterocycles. The molecule has 0 unspecified atom stereocenters. The highest BCUT2D eigenvalue weighted by molar-refractivity contribution is 6.37. The number of rotatable bonds is 3. The molecule has 0 atom stereocenters. The van der Waals surface area contributed by atoms with E-state index in [2.05, 4.69) is 5.32 Å². The molecular weight excluding hydrogens is 265 g/mol. The van der Waals surface area contributed by atoms with Gasteiger partial charge < -0.3 is 5.32 Å². The van der Waals surface area contributed by atoms with Gasteiger partial charge in [0.15, 0.2) is 0 Å². The average molecular weight is 278 g/mol. The number of anilines is 1. The van der Waals surface area contributed by atoms with Crippen LogP contribution in [0.3, 0.4) is 0 Å². The van der Waals surface area contributed by atoms with Crippen LogP contribution in [0.4, 0.5) is 5.69 Å². The number of nitrogens with one attached hydrogen (secondary N) is 1. The molecule has 0 radical (unpaired) electrons. The van der Waals surface area contributed by atoms with Gasteiger partial charge in [-0.15, -0.1) is 0 Å². The van der Waals surface area contributed by atoms with Crippen LogP contribution in [0.25, 0.3) is 12.2 Å². The molecule has 0 spiro atoms. The highest BCUT2D eigenvalue weighted by atomic mass is 35.5. The lowest BCUT2D eigenvalue weighted by Crippen LogP contribution is -1.86. The standard InChI is InChI=1S/C15H13Cl2N/c1-18-12-8-5-11(6-9-12)7-10-13-14(16)3-2-4-15(13)17/h2-10,18H,1H3/b10-7-. The summed E-state index contributed by atoms with van der Waals surface area (Å²) in [4.78, 5) is 0. The molecule has 1 nitrogen and oxygen atoms in total. The van der Waals surface area contributed by atoms with E-state index in [9.17, 15) is 0 Å². The van der Waals surface area contributed by atoms with Crippen LogP contribution < -0.4 is 5.32 Å². The molecule has 2 aromatic carbocycles. The van der Waals surface area contributed by atoms with Gasteiger partial charge in [0.2, 0.25) is 0 Å². The minimum absolute atomic E-state index is 0.658. The maximum absolute atomic E-state index is 6.10. The molecular formula is C15H13Cl2N. The van der Waals surface area contributed by atoms with Crippen molar-refractivity contribution in [2.75, 3.05) is 12.4 Å². The van der Waals surface area contributed by atoms with Gasteiger partial charge in [0.05, 0.1) is 0 Å². The Labute approximate surface area is 117 Å². The summed E-state index contributed by atoms with van der Waals surface area (Å²) in [5, 5.41) is 4.40. The van der Waals surface area contributed by atoms with Gasteiger partial charge >= 0.3 is 0 Å². The van der Waals surface area contributed by atoms with Gasteiger partial charge in [-0.1, -0.05) is 53.6 Å². The van der Waals surface area contributed by atoms with Crippen molar-refractivity contribution in [3.63, 3.8) is 0 Å². The average Bonchev–Trinajstić information content (AvgIpc) is 2.39. The maximum Gasteiger partial charge on any atom is 0.0493 e. The maximum atomic E-state index is 6.10. The second-order valence-corrected chi connectivity index (χ2v) is 4.66. The van der Waals surface area contributed by atoms with Gasteiger partial charge in [0.25, 0.3) is 0 Å². The van der Waals surface area contributed by atoms with E-state index in [1.165, 1.54) is 0 Å². The zero-order valence-corrected chi connectivity index (χ0v) is 11.5. The monoisotopic (exact) mass is 277 g/mol. The Morgan fingerprint density at radius 2 is 1.50 bits per heavy atom. The summed E-state index contributed by atoms with van der Waals surface area (Å²) in [6.45, 7) is 0.